The van der Waals surface area contributed by atoms with E-state index in [1.54, 1.807) is 24.3 Å². The van der Waals surface area contributed by atoms with Gasteiger partial charge in [0.05, 0.1) is 0 Å². The fourth-order valence-electron chi connectivity index (χ4n) is 3.01. The quantitative estimate of drug-likeness (QED) is 0.526. The molecular formula is C21H19N2O5-. The lowest BCUT2D eigenvalue weighted by Gasteiger charge is -2.19. The molecule has 0 aliphatic rings. The van der Waals surface area contributed by atoms with Crippen LogP contribution in [0.4, 0.5) is 0 Å². The molecule has 0 bridgehead atoms. The van der Waals surface area contributed by atoms with Crippen LogP contribution < -0.4 is 9.84 Å². The van der Waals surface area contributed by atoms with Crippen molar-refractivity contribution in [1.82, 2.24) is 10.1 Å². The Morgan fingerprint density at radius 1 is 1.18 bits per heavy atom. The van der Waals surface area contributed by atoms with E-state index in [0.717, 1.165) is 11.1 Å². The Kier molecular flexibility index (Phi) is 6.16. The van der Waals surface area contributed by atoms with Crippen molar-refractivity contribution in [2.45, 2.75) is 32.3 Å². The molecule has 7 nitrogen and oxygen atoms in total. The van der Waals surface area contributed by atoms with Crippen LogP contribution in [0.5, 0.6) is 5.75 Å². The van der Waals surface area contributed by atoms with E-state index in [9.17, 15) is 14.7 Å². The van der Waals surface area contributed by atoms with Crippen molar-refractivity contribution in [2.75, 3.05) is 0 Å². The number of hydrogen-bond donors (Lipinski definition) is 0. The molecule has 144 valence electrons. The van der Waals surface area contributed by atoms with E-state index in [1.165, 1.54) is 6.39 Å². The Labute approximate surface area is 162 Å². The molecule has 3 aromatic rings. The molecule has 0 spiro atoms. The van der Waals surface area contributed by atoms with Crippen LogP contribution in [0.2, 0.25) is 0 Å². The largest absolute Gasteiger partial charge is 0.550 e. The number of aryl methyl sites for hydroxylation is 1. The maximum absolute atomic E-state index is 13.2. The molecule has 0 N–H and O–H groups in total. The fourth-order valence-corrected chi connectivity index (χ4v) is 3.01. The van der Waals surface area contributed by atoms with Crippen LogP contribution in [0, 0.1) is 6.92 Å². The Bertz CT molecular complexity index is 953. The number of hydrogen-bond acceptors (Lipinski definition) is 7. The summed E-state index contributed by atoms with van der Waals surface area (Å²) < 4.78 is 10.3. The predicted molar refractivity (Wildman–Crippen MR) is 97.6 cm³/mol. The van der Waals surface area contributed by atoms with Crippen molar-refractivity contribution in [1.29, 1.82) is 0 Å². The Balaban J connectivity index is 1.82. The number of aromatic nitrogens is 2. The topological polar surface area (TPSA) is 105 Å². The molecule has 1 aromatic heterocycles. The van der Waals surface area contributed by atoms with Gasteiger partial charge in [0, 0.05) is 17.5 Å². The van der Waals surface area contributed by atoms with Gasteiger partial charge in [0.15, 0.2) is 12.4 Å². The summed E-state index contributed by atoms with van der Waals surface area (Å²) in [6, 6.07) is 14.2. The zero-order valence-corrected chi connectivity index (χ0v) is 15.3. The van der Waals surface area contributed by atoms with Gasteiger partial charge in [0.1, 0.15) is 5.75 Å². The minimum absolute atomic E-state index is 0.111. The number of ether oxygens (including phenoxy) is 1. The fraction of sp³-hybridized carbons (Fsp3) is 0.238. The summed E-state index contributed by atoms with van der Waals surface area (Å²) in [7, 11) is 0. The van der Waals surface area contributed by atoms with Crippen molar-refractivity contribution in [3.63, 3.8) is 0 Å². The van der Waals surface area contributed by atoms with Crippen molar-refractivity contribution in [2.24, 2.45) is 0 Å². The number of aliphatic carboxylic acids is 1. The van der Waals surface area contributed by atoms with Crippen LogP contribution in [0.15, 0.2) is 59.4 Å². The molecule has 0 saturated carbocycles. The van der Waals surface area contributed by atoms with Gasteiger partial charge in [-0.25, -0.2) is 0 Å². The van der Waals surface area contributed by atoms with E-state index >= 15 is 0 Å². The van der Waals surface area contributed by atoms with Crippen LogP contribution in [0.3, 0.4) is 0 Å². The molecular weight excluding hydrogens is 360 g/mol. The zero-order chi connectivity index (χ0) is 19.9. The molecule has 1 atom stereocenters. The maximum atomic E-state index is 13.2. The standard InChI is InChI=1S/C21H20N2O5/c1-14-5-2-3-8-17(14)18(9-10-20(24)25)21(26)15-6-4-7-16(11-15)27-12-19-22-13-28-23-19/h2-8,11,13,18H,9-10,12H2,1H3,(H,24,25)/p-1. The second-order valence-corrected chi connectivity index (χ2v) is 6.35. The molecule has 1 heterocycles. The monoisotopic (exact) mass is 379 g/mol. The molecule has 0 radical (unpaired) electrons. The van der Waals surface area contributed by atoms with Gasteiger partial charge in [0.25, 0.3) is 0 Å². The normalized spacial score (nSPS) is 11.8. The second kappa shape index (κ2) is 8.94. The molecule has 0 aliphatic heterocycles. The van der Waals surface area contributed by atoms with Gasteiger partial charge in [-0.15, -0.1) is 0 Å². The highest BCUT2D eigenvalue weighted by Crippen LogP contribution is 2.29. The van der Waals surface area contributed by atoms with Gasteiger partial charge in [-0.05, 0) is 43.0 Å². The van der Waals surface area contributed by atoms with Gasteiger partial charge >= 0.3 is 0 Å². The third-order valence-electron chi connectivity index (χ3n) is 4.41. The van der Waals surface area contributed by atoms with Gasteiger partial charge < -0.3 is 19.2 Å². The Morgan fingerprint density at radius 3 is 2.71 bits per heavy atom. The summed E-state index contributed by atoms with van der Waals surface area (Å²) in [5, 5.41) is 14.6. The lowest BCUT2D eigenvalue weighted by molar-refractivity contribution is -0.305. The van der Waals surface area contributed by atoms with E-state index in [1.807, 2.05) is 31.2 Å². The average Bonchev–Trinajstić information content (AvgIpc) is 3.21. The summed E-state index contributed by atoms with van der Waals surface area (Å²) in [5.41, 5.74) is 2.19. The smallest absolute Gasteiger partial charge is 0.213 e. The second-order valence-electron chi connectivity index (χ2n) is 6.35. The summed E-state index contributed by atoms with van der Waals surface area (Å²) in [5.74, 6) is -1.04. The molecule has 2 aromatic carbocycles. The van der Waals surface area contributed by atoms with Gasteiger partial charge in [0.2, 0.25) is 12.2 Å². The van der Waals surface area contributed by atoms with Gasteiger partial charge in [-0.1, -0.05) is 41.6 Å². The van der Waals surface area contributed by atoms with Crippen molar-refractivity contribution in [3.05, 3.63) is 77.4 Å². The van der Waals surface area contributed by atoms with E-state index in [0.29, 0.717) is 17.1 Å². The third kappa shape index (κ3) is 4.82. The van der Waals surface area contributed by atoms with Crippen molar-refractivity contribution < 1.29 is 24.0 Å². The van der Waals surface area contributed by atoms with Crippen LogP contribution >= 0.6 is 0 Å². The first-order valence-electron chi connectivity index (χ1n) is 8.82. The molecule has 0 fully saturated rings. The number of rotatable bonds is 9. The van der Waals surface area contributed by atoms with Crippen LogP contribution in [0.25, 0.3) is 0 Å². The SMILES string of the molecule is Cc1ccccc1C(CCC(=O)[O-])C(=O)c1cccc(OCc2ncon2)c1. The first-order valence-corrected chi connectivity index (χ1v) is 8.82. The molecule has 28 heavy (non-hydrogen) atoms. The van der Waals surface area contributed by atoms with Crippen molar-refractivity contribution >= 4 is 11.8 Å². The summed E-state index contributed by atoms with van der Waals surface area (Å²) in [6.07, 6.45) is 1.18. The number of carbonyl (C=O) groups is 2. The molecule has 0 saturated heterocycles. The summed E-state index contributed by atoms with van der Waals surface area (Å²) in [6.45, 7) is 2.01. The summed E-state index contributed by atoms with van der Waals surface area (Å²) >= 11 is 0. The Hall–Kier alpha value is -3.48. The van der Waals surface area contributed by atoms with Gasteiger partial charge in [-0.3, -0.25) is 4.79 Å². The van der Waals surface area contributed by atoms with Gasteiger partial charge in [-0.2, -0.15) is 4.98 Å². The number of Topliss-reactive ketones (excluding diaryl/α,β-unsaturated/α-hetero) is 1. The predicted octanol–water partition coefficient (Wildman–Crippen LogP) is 2.45. The first-order chi connectivity index (χ1) is 13.5. The van der Waals surface area contributed by atoms with E-state index in [2.05, 4.69) is 14.7 Å². The molecule has 3 rings (SSSR count). The lowest BCUT2D eigenvalue weighted by Crippen LogP contribution is -2.24. The number of carboxylic acid groups (broad SMARTS) is 1. The Morgan fingerprint density at radius 2 is 2.00 bits per heavy atom. The molecule has 7 heteroatoms. The zero-order valence-electron chi connectivity index (χ0n) is 15.3. The minimum Gasteiger partial charge on any atom is -0.550 e. The molecule has 0 aliphatic carbocycles. The van der Waals surface area contributed by atoms with Crippen LogP contribution in [0.1, 0.15) is 46.1 Å². The number of carbonyl (C=O) groups excluding carboxylic acids is 2. The highest BCUT2D eigenvalue weighted by molar-refractivity contribution is 6.01. The third-order valence-corrected chi connectivity index (χ3v) is 4.41. The van der Waals surface area contributed by atoms with E-state index in [4.69, 9.17) is 4.74 Å². The lowest BCUT2D eigenvalue weighted by atomic mass is 9.85. The molecule has 1 unspecified atom stereocenters. The van der Waals surface area contributed by atoms with E-state index in [-0.39, 0.29) is 25.2 Å². The summed E-state index contributed by atoms with van der Waals surface area (Å²) in [4.78, 5) is 28.0. The highest BCUT2D eigenvalue weighted by Gasteiger charge is 2.23. The van der Waals surface area contributed by atoms with E-state index < -0.39 is 11.9 Å². The number of nitrogens with zero attached hydrogens (tertiary/aromatic N) is 2. The number of carboxylic acids is 1. The number of benzene rings is 2. The average molecular weight is 379 g/mol. The van der Waals surface area contributed by atoms with Crippen LogP contribution in [-0.2, 0) is 11.4 Å². The van der Waals surface area contributed by atoms with Crippen LogP contribution in [-0.4, -0.2) is 21.9 Å². The number of ketones is 1. The van der Waals surface area contributed by atoms with Crippen molar-refractivity contribution in [3.8, 4) is 5.75 Å². The molecule has 0 amide bonds. The minimum atomic E-state index is -1.18. The highest BCUT2D eigenvalue weighted by atomic mass is 16.5. The maximum Gasteiger partial charge on any atom is 0.213 e. The first kappa shape index (κ1) is 19.3.